The first-order valence-electron chi connectivity index (χ1n) is 7.25. The van der Waals surface area contributed by atoms with Gasteiger partial charge in [0.25, 0.3) is 0 Å². The van der Waals surface area contributed by atoms with Crippen LogP contribution in [0.3, 0.4) is 0 Å². The Labute approximate surface area is 121 Å². The molecule has 5 nitrogen and oxygen atoms in total. The number of esters is 1. The number of rotatable bonds is 7. The van der Waals surface area contributed by atoms with E-state index in [4.69, 9.17) is 4.74 Å². The first-order chi connectivity index (χ1) is 9.28. The standard InChI is InChI=1S/C15H27N3O2/c1-7-20-14(19)15(6,16-11(2)3)10-13(5)18-9-8-12(4)17-18/h8-9,11,13,16H,7,10H2,1-6H3. The lowest BCUT2D eigenvalue weighted by molar-refractivity contribution is -0.151. The number of nitrogens with one attached hydrogen (secondary N) is 1. The molecule has 0 radical (unpaired) electrons. The van der Waals surface area contributed by atoms with E-state index in [1.54, 1.807) is 0 Å². The summed E-state index contributed by atoms with van der Waals surface area (Å²) in [5, 5.41) is 7.75. The van der Waals surface area contributed by atoms with Crippen molar-refractivity contribution in [3.05, 3.63) is 18.0 Å². The predicted molar refractivity (Wildman–Crippen MR) is 79.6 cm³/mol. The Kier molecular flexibility index (Phi) is 5.74. The largest absolute Gasteiger partial charge is 0.465 e. The SMILES string of the molecule is CCOC(=O)C(C)(CC(C)n1ccc(C)n1)NC(C)C. The second-order valence-corrected chi connectivity index (χ2v) is 5.84. The summed E-state index contributed by atoms with van der Waals surface area (Å²) in [7, 11) is 0. The van der Waals surface area contributed by atoms with Gasteiger partial charge in [-0.1, -0.05) is 0 Å². The van der Waals surface area contributed by atoms with Crippen molar-refractivity contribution >= 4 is 5.97 Å². The van der Waals surface area contributed by atoms with Crippen molar-refractivity contribution in [1.29, 1.82) is 0 Å². The molecule has 0 aliphatic heterocycles. The van der Waals surface area contributed by atoms with E-state index in [-0.39, 0.29) is 18.1 Å². The van der Waals surface area contributed by atoms with Gasteiger partial charge in [0.2, 0.25) is 0 Å². The molecule has 0 fully saturated rings. The lowest BCUT2D eigenvalue weighted by atomic mass is 9.92. The molecule has 0 aliphatic carbocycles. The van der Waals surface area contributed by atoms with Crippen LogP contribution in [0.5, 0.6) is 0 Å². The fourth-order valence-electron chi connectivity index (χ4n) is 2.49. The van der Waals surface area contributed by atoms with E-state index in [1.165, 1.54) is 0 Å². The van der Waals surface area contributed by atoms with Crippen LogP contribution in [0.25, 0.3) is 0 Å². The molecule has 1 aromatic heterocycles. The van der Waals surface area contributed by atoms with Gasteiger partial charge in [0.05, 0.1) is 18.3 Å². The summed E-state index contributed by atoms with van der Waals surface area (Å²) in [6, 6.07) is 2.29. The van der Waals surface area contributed by atoms with Crippen LogP contribution in [-0.2, 0) is 9.53 Å². The average molecular weight is 281 g/mol. The van der Waals surface area contributed by atoms with Crippen molar-refractivity contribution in [2.75, 3.05) is 6.61 Å². The summed E-state index contributed by atoms with van der Waals surface area (Å²) >= 11 is 0. The van der Waals surface area contributed by atoms with E-state index in [2.05, 4.69) is 17.3 Å². The van der Waals surface area contributed by atoms with Crippen molar-refractivity contribution in [2.45, 2.75) is 65.6 Å². The number of aryl methyl sites for hydroxylation is 1. The molecule has 0 bridgehead atoms. The summed E-state index contributed by atoms with van der Waals surface area (Å²) in [6.45, 7) is 12.2. The average Bonchev–Trinajstić information content (AvgIpc) is 2.75. The molecular weight excluding hydrogens is 254 g/mol. The van der Waals surface area contributed by atoms with Crippen molar-refractivity contribution in [1.82, 2.24) is 15.1 Å². The molecule has 0 aromatic carbocycles. The normalized spacial score (nSPS) is 15.9. The summed E-state index contributed by atoms with van der Waals surface area (Å²) in [5.74, 6) is -0.204. The Balaban J connectivity index is 2.86. The van der Waals surface area contributed by atoms with E-state index in [1.807, 2.05) is 51.6 Å². The topological polar surface area (TPSA) is 56.2 Å². The highest BCUT2D eigenvalue weighted by Gasteiger charge is 2.37. The molecule has 2 unspecified atom stereocenters. The zero-order chi connectivity index (χ0) is 15.3. The first kappa shape index (κ1) is 16.7. The number of nitrogens with zero attached hydrogens (tertiary/aromatic N) is 2. The zero-order valence-electron chi connectivity index (χ0n) is 13.4. The smallest absolute Gasteiger partial charge is 0.326 e. The number of hydrogen-bond donors (Lipinski definition) is 1. The van der Waals surface area contributed by atoms with Crippen LogP contribution in [0.2, 0.25) is 0 Å². The van der Waals surface area contributed by atoms with Crippen LogP contribution in [-0.4, -0.2) is 33.9 Å². The van der Waals surface area contributed by atoms with Crippen LogP contribution < -0.4 is 5.32 Å². The Morgan fingerprint density at radius 1 is 1.50 bits per heavy atom. The number of ether oxygens (including phenoxy) is 1. The maximum Gasteiger partial charge on any atom is 0.326 e. The van der Waals surface area contributed by atoms with E-state index in [0.29, 0.717) is 13.0 Å². The summed E-state index contributed by atoms with van der Waals surface area (Å²) in [5.41, 5.74) is 0.273. The predicted octanol–water partition coefficient (Wildman–Crippen LogP) is 2.46. The van der Waals surface area contributed by atoms with E-state index >= 15 is 0 Å². The molecule has 0 spiro atoms. The Morgan fingerprint density at radius 3 is 2.60 bits per heavy atom. The molecule has 20 heavy (non-hydrogen) atoms. The molecule has 0 saturated carbocycles. The van der Waals surface area contributed by atoms with Crippen molar-refractivity contribution < 1.29 is 9.53 Å². The number of carbonyl (C=O) groups excluding carboxylic acids is 1. The monoisotopic (exact) mass is 281 g/mol. The maximum absolute atomic E-state index is 12.3. The molecule has 0 saturated heterocycles. The van der Waals surface area contributed by atoms with Crippen LogP contribution in [0, 0.1) is 6.92 Å². The molecule has 0 amide bonds. The van der Waals surface area contributed by atoms with Gasteiger partial charge in [-0.25, -0.2) is 0 Å². The van der Waals surface area contributed by atoms with Gasteiger partial charge in [-0.2, -0.15) is 5.10 Å². The van der Waals surface area contributed by atoms with E-state index in [0.717, 1.165) is 5.69 Å². The summed E-state index contributed by atoms with van der Waals surface area (Å²) < 4.78 is 7.12. The quantitative estimate of drug-likeness (QED) is 0.780. The minimum atomic E-state index is -0.705. The fraction of sp³-hybridized carbons (Fsp3) is 0.733. The molecule has 114 valence electrons. The van der Waals surface area contributed by atoms with Crippen molar-refractivity contribution in [3.8, 4) is 0 Å². The fourth-order valence-corrected chi connectivity index (χ4v) is 2.49. The molecular formula is C15H27N3O2. The molecule has 1 N–H and O–H groups in total. The zero-order valence-corrected chi connectivity index (χ0v) is 13.4. The van der Waals surface area contributed by atoms with Crippen molar-refractivity contribution in [2.24, 2.45) is 0 Å². The number of aromatic nitrogens is 2. The highest BCUT2D eigenvalue weighted by Crippen LogP contribution is 2.23. The highest BCUT2D eigenvalue weighted by molar-refractivity contribution is 5.80. The van der Waals surface area contributed by atoms with Gasteiger partial charge in [0.1, 0.15) is 5.54 Å². The molecule has 5 heteroatoms. The summed E-state index contributed by atoms with van der Waals surface area (Å²) in [4.78, 5) is 12.3. The molecule has 1 rings (SSSR count). The molecule has 1 heterocycles. The highest BCUT2D eigenvalue weighted by atomic mass is 16.5. The Hall–Kier alpha value is -1.36. The van der Waals surface area contributed by atoms with Gasteiger partial charge in [-0.15, -0.1) is 0 Å². The third kappa shape index (κ3) is 4.34. The van der Waals surface area contributed by atoms with Gasteiger partial charge in [0, 0.05) is 12.2 Å². The molecule has 0 aliphatic rings. The second-order valence-electron chi connectivity index (χ2n) is 5.84. The van der Waals surface area contributed by atoms with Crippen LogP contribution in [0.1, 0.15) is 52.8 Å². The second kappa shape index (κ2) is 6.88. The molecule has 1 aromatic rings. The van der Waals surface area contributed by atoms with Gasteiger partial charge in [-0.3, -0.25) is 14.8 Å². The Morgan fingerprint density at radius 2 is 2.15 bits per heavy atom. The maximum atomic E-state index is 12.3. The van der Waals surface area contributed by atoms with E-state index < -0.39 is 5.54 Å². The van der Waals surface area contributed by atoms with Gasteiger partial charge >= 0.3 is 5.97 Å². The van der Waals surface area contributed by atoms with Gasteiger partial charge in [-0.05, 0) is 54.0 Å². The Bertz CT molecular complexity index is 442. The number of carbonyl (C=O) groups is 1. The lowest BCUT2D eigenvalue weighted by Crippen LogP contribution is -2.54. The lowest BCUT2D eigenvalue weighted by Gasteiger charge is -2.33. The third-order valence-corrected chi connectivity index (χ3v) is 3.23. The third-order valence-electron chi connectivity index (χ3n) is 3.23. The van der Waals surface area contributed by atoms with Crippen LogP contribution in [0.4, 0.5) is 0 Å². The van der Waals surface area contributed by atoms with Crippen LogP contribution in [0.15, 0.2) is 12.3 Å². The summed E-state index contributed by atoms with van der Waals surface area (Å²) in [6.07, 6.45) is 2.58. The first-order valence-corrected chi connectivity index (χ1v) is 7.25. The van der Waals surface area contributed by atoms with Gasteiger partial charge in [0.15, 0.2) is 0 Å². The minimum absolute atomic E-state index is 0.115. The van der Waals surface area contributed by atoms with E-state index in [9.17, 15) is 4.79 Å². The number of hydrogen-bond acceptors (Lipinski definition) is 4. The van der Waals surface area contributed by atoms with Crippen LogP contribution >= 0.6 is 0 Å². The molecule has 2 atom stereocenters. The van der Waals surface area contributed by atoms with Crippen molar-refractivity contribution in [3.63, 3.8) is 0 Å². The van der Waals surface area contributed by atoms with Gasteiger partial charge < -0.3 is 4.74 Å². The minimum Gasteiger partial charge on any atom is -0.465 e.